The largest absolute Gasteiger partial charge is 0.431 e. The maximum absolute atomic E-state index is 12.9. The molecule has 1 heterocycles. The molecule has 1 unspecified atom stereocenters. The Kier molecular flexibility index (Phi) is 4.53. The average Bonchev–Trinajstić information content (AvgIpc) is 2.86. The third-order valence-corrected chi connectivity index (χ3v) is 3.45. The molecule has 1 atom stereocenters. The fourth-order valence-electron chi connectivity index (χ4n) is 2.15. The summed E-state index contributed by atoms with van der Waals surface area (Å²) in [4.78, 5) is 32.0. The van der Waals surface area contributed by atoms with E-state index in [1.807, 2.05) is 0 Å². The molecule has 1 aromatic carbocycles. The first kappa shape index (κ1) is 19.4. The number of nitrogens with one attached hydrogen (secondary N) is 1. The van der Waals surface area contributed by atoms with Gasteiger partial charge in [-0.3, -0.25) is 20.2 Å². The maximum atomic E-state index is 12.9. The van der Waals surface area contributed by atoms with Crippen molar-refractivity contribution >= 4 is 23.2 Å². The molecule has 0 spiro atoms. The van der Waals surface area contributed by atoms with Crippen molar-refractivity contribution < 1.29 is 32.5 Å². The van der Waals surface area contributed by atoms with Crippen LogP contribution >= 0.6 is 0 Å². The van der Waals surface area contributed by atoms with Crippen LogP contribution in [0.5, 0.6) is 0 Å². The van der Waals surface area contributed by atoms with Crippen molar-refractivity contribution in [3.8, 4) is 0 Å². The average molecular weight is 378 g/mol. The fourth-order valence-corrected chi connectivity index (χ4v) is 2.15. The molecule has 10 nitrogen and oxygen atoms in total. The Morgan fingerprint density at radius 3 is 1.88 bits per heavy atom. The molecule has 0 aromatic heterocycles. The molecule has 1 saturated heterocycles. The quantitative estimate of drug-likeness (QED) is 0.631. The van der Waals surface area contributed by atoms with Gasteiger partial charge in [-0.15, -0.1) is 0 Å². The summed E-state index contributed by atoms with van der Waals surface area (Å²) in [5.41, 5.74) is -3.32. The van der Waals surface area contributed by atoms with Crippen molar-refractivity contribution in [1.29, 1.82) is 0 Å². The number of nitro groups is 2. The molecule has 0 aliphatic carbocycles. The lowest BCUT2D eigenvalue weighted by Gasteiger charge is -2.24. The van der Waals surface area contributed by atoms with Gasteiger partial charge in [0.05, 0.1) is 15.4 Å². The number of benzene rings is 1. The molecule has 1 aliphatic heterocycles. The molecule has 1 amide bonds. The highest BCUT2D eigenvalue weighted by Crippen LogP contribution is 2.44. The van der Waals surface area contributed by atoms with Crippen LogP contribution in [0.4, 0.5) is 35.0 Å². The van der Waals surface area contributed by atoms with Gasteiger partial charge in [0.2, 0.25) is 5.69 Å². The van der Waals surface area contributed by atoms with Crippen LogP contribution in [0, 0.1) is 25.6 Å². The summed E-state index contributed by atoms with van der Waals surface area (Å²) in [7, 11) is 0. The second-order valence-corrected chi connectivity index (χ2v) is 6.47. The summed E-state index contributed by atoms with van der Waals surface area (Å²) < 4.78 is 43.7. The number of amides is 1. The van der Waals surface area contributed by atoms with E-state index in [9.17, 15) is 38.2 Å². The topological polar surface area (TPSA) is 128 Å². The fraction of sp³-hybridized carbons (Fsp3) is 0.462. The number of hydrogen-bond donors (Lipinski definition) is 1. The van der Waals surface area contributed by atoms with E-state index in [4.69, 9.17) is 4.74 Å². The number of carbonyl (C=O) groups is 1. The van der Waals surface area contributed by atoms with Gasteiger partial charge in [-0.1, -0.05) is 20.8 Å². The van der Waals surface area contributed by atoms with E-state index < -0.39 is 56.4 Å². The summed E-state index contributed by atoms with van der Waals surface area (Å²) in [6, 6.07) is 0.253. The van der Waals surface area contributed by atoms with E-state index in [0.717, 1.165) is 0 Å². The van der Waals surface area contributed by atoms with Gasteiger partial charge >= 0.3 is 23.6 Å². The minimum Gasteiger partial charge on any atom is -0.427 e. The highest BCUT2D eigenvalue weighted by molar-refractivity contribution is 5.95. The van der Waals surface area contributed by atoms with E-state index >= 15 is 0 Å². The Morgan fingerprint density at radius 1 is 1.12 bits per heavy atom. The number of rotatable bonds is 3. The molecule has 1 aromatic rings. The number of hydrogen-bond acceptors (Lipinski definition) is 7. The Hall–Kier alpha value is -2.96. The van der Waals surface area contributed by atoms with Gasteiger partial charge in [0, 0.05) is 17.5 Å². The van der Waals surface area contributed by atoms with E-state index in [2.05, 4.69) is 5.43 Å². The van der Waals surface area contributed by atoms with Gasteiger partial charge in [0.1, 0.15) is 0 Å². The van der Waals surface area contributed by atoms with Crippen molar-refractivity contribution in [3.63, 3.8) is 0 Å². The number of nitro benzene ring substituents is 2. The monoisotopic (exact) mass is 378 g/mol. The number of halogens is 3. The zero-order valence-corrected chi connectivity index (χ0v) is 13.7. The van der Waals surface area contributed by atoms with Crippen molar-refractivity contribution in [2.24, 2.45) is 5.41 Å². The molecule has 0 saturated carbocycles. The zero-order chi connectivity index (χ0) is 20.0. The second kappa shape index (κ2) is 6.09. The van der Waals surface area contributed by atoms with Crippen molar-refractivity contribution in [3.05, 3.63) is 37.9 Å². The predicted molar refractivity (Wildman–Crippen MR) is 80.1 cm³/mol. The number of nitrogens with zero attached hydrogens (tertiary/aromatic N) is 3. The lowest BCUT2D eigenvalue weighted by atomic mass is 9.95. The first-order valence-electron chi connectivity index (χ1n) is 7.04. The number of hydrazine groups is 1. The van der Waals surface area contributed by atoms with Crippen LogP contribution in [0.1, 0.15) is 26.3 Å². The number of alkyl halides is 3. The van der Waals surface area contributed by atoms with Gasteiger partial charge in [0.15, 0.2) is 6.23 Å². The highest BCUT2D eigenvalue weighted by atomic mass is 19.4. The lowest BCUT2D eigenvalue weighted by molar-refractivity contribution is -0.393. The number of ether oxygens (including phenoxy) is 1. The molecule has 2 rings (SSSR count). The molecule has 0 bridgehead atoms. The van der Waals surface area contributed by atoms with Gasteiger partial charge in [-0.25, -0.2) is 4.79 Å². The summed E-state index contributed by atoms with van der Waals surface area (Å²) in [6.07, 6.45) is -7.27. The number of anilines is 1. The van der Waals surface area contributed by atoms with Crippen LogP contribution in [0.2, 0.25) is 0 Å². The van der Waals surface area contributed by atoms with Crippen LogP contribution in [0.15, 0.2) is 12.1 Å². The Morgan fingerprint density at radius 2 is 1.58 bits per heavy atom. The van der Waals surface area contributed by atoms with Crippen LogP contribution in [0.25, 0.3) is 0 Å². The van der Waals surface area contributed by atoms with Crippen LogP contribution in [-0.2, 0) is 10.9 Å². The molecule has 1 N–H and O–H groups in total. The molecule has 13 heteroatoms. The summed E-state index contributed by atoms with van der Waals surface area (Å²) in [5, 5.41) is 22.8. The van der Waals surface area contributed by atoms with E-state index in [1.54, 1.807) is 20.8 Å². The zero-order valence-electron chi connectivity index (χ0n) is 13.7. The van der Waals surface area contributed by atoms with E-state index in [0.29, 0.717) is 5.01 Å². The Bertz CT molecular complexity index is 754. The third-order valence-electron chi connectivity index (χ3n) is 3.45. The molecule has 142 valence electrons. The molecule has 26 heavy (non-hydrogen) atoms. The first-order chi connectivity index (χ1) is 11.7. The molecular weight excluding hydrogens is 365 g/mol. The van der Waals surface area contributed by atoms with Crippen LogP contribution in [0.3, 0.4) is 0 Å². The summed E-state index contributed by atoms with van der Waals surface area (Å²) >= 11 is 0. The van der Waals surface area contributed by atoms with Crippen LogP contribution in [-0.4, -0.2) is 22.2 Å². The lowest BCUT2D eigenvalue weighted by Crippen LogP contribution is -2.43. The Balaban J connectivity index is 2.69. The molecule has 1 aliphatic rings. The van der Waals surface area contributed by atoms with E-state index in [-0.39, 0.29) is 12.1 Å². The van der Waals surface area contributed by atoms with Gasteiger partial charge in [-0.05, 0) is 0 Å². The predicted octanol–water partition coefficient (Wildman–Crippen LogP) is 3.36. The van der Waals surface area contributed by atoms with Crippen molar-refractivity contribution in [2.45, 2.75) is 33.2 Å². The number of cyclic esters (lactones) is 1. The van der Waals surface area contributed by atoms with Gasteiger partial charge < -0.3 is 4.74 Å². The standard InChI is InChI=1S/C13H13F3N4O6/c1-12(2,3)10-17-18(11(21)26-10)9-7(19(22)23)4-6(13(14,15)16)5-8(9)20(24)25/h4-5,10,17H,1-3H3. The number of carbonyl (C=O) groups excluding carboxylic acids is 1. The maximum Gasteiger partial charge on any atom is 0.431 e. The van der Waals surface area contributed by atoms with Crippen molar-refractivity contribution in [1.82, 2.24) is 5.43 Å². The minimum atomic E-state index is -5.05. The molecular formula is C13H13F3N4O6. The Labute approximate surface area is 143 Å². The summed E-state index contributed by atoms with van der Waals surface area (Å²) in [6.45, 7) is 4.95. The summed E-state index contributed by atoms with van der Waals surface area (Å²) in [5.74, 6) is 0. The third kappa shape index (κ3) is 3.51. The SMILES string of the molecule is CC(C)(C)C1NN(c2c([N+](=O)[O-])cc(C(F)(F)F)cc2[N+](=O)[O-])C(=O)O1. The second-order valence-electron chi connectivity index (χ2n) is 6.47. The highest BCUT2D eigenvalue weighted by Gasteiger charge is 2.46. The normalized spacial score (nSPS) is 18.0. The molecule has 1 fully saturated rings. The van der Waals surface area contributed by atoms with Gasteiger partial charge in [-0.2, -0.15) is 23.6 Å². The molecule has 0 radical (unpaired) electrons. The van der Waals surface area contributed by atoms with Crippen molar-refractivity contribution in [2.75, 3.05) is 5.01 Å². The first-order valence-corrected chi connectivity index (χ1v) is 7.04. The van der Waals surface area contributed by atoms with E-state index in [1.165, 1.54) is 0 Å². The van der Waals surface area contributed by atoms with Crippen LogP contribution < -0.4 is 10.4 Å². The minimum absolute atomic E-state index is 0.127. The van der Waals surface area contributed by atoms with Gasteiger partial charge in [0.25, 0.3) is 0 Å². The smallest absolute Gasteiger partial charge is 0.427 e.